The van der Waals surface area contributed by atoms with Crippen molar-refractivity contribution in [2.75, 3.05) is 46.2 Å². The van der Waals surface area contributed by atoms with Gasteiger partial charge in [0.05, 0.1) is 0 Å². The number of carbonyl (C=O) groups is 1. The summed E-state index contributed by atoms with van der Waals surface area (Å²) in [5.74, 6) is 1.78. The van der Waals surface area contributed by atoms with Gasteiger partial charge in [0.25, 0.3) is 5.91 Å². The lowest BCUT2D eigenvalue weighted by Crippen LogP contribution is -2.49. The van der Waals surface area contributed by atoms with Gasteiger partial charge in [0.2, 0.25) is 13.1 Å². The van der Waals surface area contributed by atoms with Gasteiger partial charge in [-0.05, 0) is 77.8 Å². The van der Waals surface area contributed by atoms with Gasteiger partial charge in [0, 0.05) is 57.8 Å². The Morgan fingerprint density at radius 1 is 0.977 bits per heavy atom. The summed E-state index contributed by atoms with van der Waals surface area (Å²) in [6, 6.07) is 21.2. The number of aliphatic hydroxyl groups is 1. The van der Waals surface area contributed by atoms with Crippen molar-refractivity contribution in [1.82, 2.24) is 9.80 Å². The van der Waals surface area contributed by atoms with Gasteiger partial charge in [-0.1, -0.05) is 48.5 Å². The maximum Gasteiger partial charge on any atom is 0.288 e. The lowest BCUT2D eigenvalue weighted by Gasteiger charge is -2.40. The van der Waals surface area contributed by atoms with Crippen molar-refractivity contribution < 1.29 is 28.8 Å². The molecule has 0 saturated carbocycles. The molecule has 0 spiro atoms. The molecule has 8 heteroatoms. The highest BCUT2D eigenvalue weighted by atomic mass is 16.7. The van der Waals surface area contributed by atoms with E-state index in [1.807, 2.05) is 30.0 Å². The van der Waals surface area contributed by atoms with E-state index in [2.05, 4.69) is 53.4 Å². The number of carbonyl (C=O) groups excluding carboxylic acids is 1. The Labute approximate surface area is 258 Å². The molecule has 1 aliphatic carbocycles. The number of ether oxygens (including phenoxy) is 4. The summed E-state index contributed by atoms with van der Waals surface area (Å²) < 4.78 is 23.5. The molecule has 0 radical (unpaired) electrons. The van der Waals surface area contributed by atoms with E-state index in [1.54, 1.807) is 0 Å². The third-order valence-electron chi connectivity index (χ3n) is 9.37. The number of aliphatic hydroxyl groups excluding tert-OH is 1. The second-order valence-corrected chi connectivity index (χ2v) is 12.0. The van der Waals surface area contributed by atoms with E-state index < -0.39 is 6.29 Å². The van der Waals surface area contributed by atoms with Crippen LogP contribution in [0.2, 0.25) is 0 Å². The van der Waals surface area contributed by atoms with Gasteiger partial charge in [0.15, 0.2) is 17.3 Å². The van der Waals surface area contributed by atoms with Gasteiger partial charge in [-0.2, -0.15) is 0 Å². The number of allylic oxidation sites excluding steroid dienone is 1. The van der Waals surface area contributed by atoms with Crippen LogP contribution in [-0.4, -0.2) is 73.3 Å². The first-order valence-electron chi connectivity index (χ1n) is 15.8. The molecule has 3 aromatic rings. The number of hydrogen-bond donors (Lipinski definition) is 1. The third-order valence-corrected chi connectivity index (χ3v) is 9.37. The summed E-state index contributed by atoms with van der Waals surface area (Å²) in [6.45, 7) is 6.39. The molecule has 3 unspecified atom stereocenters. The van der Waals surface area contributed by atoms with Crippen LogP contribution in [0.5, 0.6) is 11.5 Å². The largest absolute Gasteiger partial charge is 0.459 e. The zero-order chi connectivity index (χ0) is 30.0. The molecule has 1 saturated heterocycles. The van der Waals surface area contributed by atoms with Crippen LogP contribution in [0.3, 0.4) is 0 Å². The van der Waals surface area contributed by atoms with Gasteiger partial charge in [-0.3, -0.25) is 9.69 Å². The highest BCUT2D eigenvalue weighted by Crippen LogP contribution is 2.46. The van der Waals surface area contributed by atoms with E-state index in [0.29, 0.717) is 31.9 Å². The Kier molecular flexibility index (Phi) is 8.30. The van der Waals surface area contributed by atoms with Crippen LogP contribution in [0.25, 0.3) is 11.1 Å². The van der Waals surface area contributed by atoms with E-state index in [1.165, 1.54) is 33.4 Å². The number of nitrogens with zero attached hydrogens (tertiary/aromatic N) is 2. The molecule has 4 aliphatic rings. The fourth-order valence-electron chi connectivity index (χ4n) is 7.17. The van der Waals surface area contributed by atoms with Crippen molar-refractivity contribution in [3.63, 3.8) is 0 Å². The van der Waals surface area contributed by atoms with Crippen LogP contribution in [0.4, 0.5) is 0 Å². The van der Waals surface area contributed by atoms with E-state index in [4.69, 9.17) is 18.9 Å². The number of piperazine rings is 1. The molecule has 1 fully saturated rings. The number of benzene rings is 3. The van der Waals surface area contributed by atoms with Crippen molar-refractivity contribution >= 4 is 5.91 Å². The molecule has 1 amide bonds. The molecule has 8 nitrogen and oxygen atoms in total. The SMILES string of the molecule is CCOC1OC(C(=O)N2CCN(Cc3ccc4c(c3)OCO4)CC2)=CC(c2cccc3c2Cc2ccccc2-3)C1CCCO. The fraction of sp³-hybridized carbons (Fsp3) is 0.417. The monoisotopic (exact) mass is 596 g/mol. The first-order chi connectivity index (χ1) is 21.6. The molecule has 3 heterocycles. The van der Waals surface area contributed by atoms with Gasteiger partial charge < -0.3 is 29.0 Å². The summed E-state index contributed by atoms with van der Waals surface area (Å²) in [6.07, 6.45) is 3.72. The Morgan fingerprint density at radius 3 is 2.64 bits per heavy atom. The van der Waals surface area contributed by atoms with Gasteiger partial charge in [-0.25, -0.2) is 0 Å². The molecule has 1 N–H and O–H groups in total. The quantitative estimate of drug-likeness (QED) is 0.289. The van der Waals surface area contributed by atoms with Crippen LogP contribution in [0.1, 0.15) is 47.9 Å². The number of amides is 1. The highest BCUT2D eigenvalue weighted by molar-refractivity contribution is 5.92. The predicted octanol–water partition coefficient (Wildman–Crippen LogP) is 5.08. The molecular formula is C36H40N2O6. The van der Waals surface area contributed by atoms with Gasteiger partial charge in [0.1, 0.15) is 0 Å². The van der Waals surface area contributed by atoms with E-state index in [-0.39, 0.29) is 31.1 Å². The molecule has 7 rings (SSSR count). The number of fused-ring (bicyclic) bond motifs is 4. The highest BCUT2D eigenvalue weighted by Gasteiger charge is 2.40. The Bertz CT molecular complexity index is 1550. The third kappa shape index (κ3) is 5.58. The van der Waals surface area contributed by atoms with Gasteiger partial charge in [-0.15, -0.1) is 0 Å². The van der Waals surface area contributed by atoms with Crippen LogP contribution < -0.4 is 9.47 Å². The first kappa shape index (κ1) is 28.9. The summed E-state index contributed by atoms with van der Waals surface area (Å²) in [5.41, 5.74) is 7.57. The molecule has 0 bridgehead atoms. The Hall–Kier alpha value is -3.85. The van der Waals surface area contributed by atoms with Crippen molar-refractivity contribution in [2.24, 2.45) is 5.92 Å². The molecule has 3 atom stereocenters. The topological polar surface area (TPSA) is 80.7 Å². The van der Waals surface area contributed by atoms with E-state index >= 15 is 0 Å². The minimum Gasteiger partial charge on any atom is -0.459 e. The minimum absolute atomic E-state index is 0.0209. The first-order valence-corrected chi connectivity index (χ1v) is 15.8. The molecular weight excluding hydrogens is 556 g/mol. The fourth-order valence-corrected chi connectivity index (χ4v) is 7.17. The molecule has 3 aliphatic heterocycles. The summed E-state index contributed by atoms with van der Waals surface area (Å²) in [4.78, 5) is 18.3. The predicted molar refractivity (Wildman–Crippen MR) is 166 cm³/mol. The van der Waals surface area contributed by atoms with Crippen molar-refractivity contribution in [1.29, 1.82) is 0 Å². The van der Waals surface area contributed by atoms with Crippen LogP contribution in [-0.2, 0) is 27.2 Å². The molecule has 0 aromatic heterocycles. The maximum absolute atomic E-state index is 14.0. The van der Waals surface area contributed by atoms with Crippen LogP contribution in [0.15, 0.2) is 72.5 Å². The van der Waals surface area contributed by atoms with Crippen LogP contribution in [0, 0.1) is 5.92 Å². The maximum atomic E-state index is 14.0. The normalized spacial score (nSPS) is 22.3. The minimum atomic E-state index is -0.563. The zero-order valence-corrected chi connectivity index (χ0v) is 25.2. The van der Waals surface area contributed by atoms with E-state index in [9.17, 15) is 9.90 Å². The standard InChI is InChI=1S/C36H40N2O6/c1-2-41-36-29(11-6-18-39)31(28-10-5-9-27-26-8-4-3-7-25(26)20-30(27)28)21-34(44-36)35(40)38-16-14-37(15-17-38)22-24-12-13-32-33(19-24)43-23-42-32/h3-5,7-10,12-13,19,21,29,31,36,39H,2,6,11,14-18,20,22-23H2,1H3. The molecule has 44 heavy (non-hydrogen) atoms. The van der Waals surface area contributed by atoms with Crippen molar-refractivity contribution in [3.8, 4) is 22.6 Å². The van der Waals surface area contributed by atoms with Crippen LogP contribution >= 0.6 is 0 Å². The summed E-state index contributed by atoms with van der Waals surface area (Å²) >= 11 is 0. The number of rotatable bonds is 9. The second-order valence-electron chi connectivity index (χ2n) is 12.0. The lowest BCUT2D eigenvalue weighted by molar-refractivity contribution is -0.171. The average molecular weight is 597 g/mol. The Balaban J connectivity index is 1.12. The Morgan fingerprint density at radius 2 is 1.80 bits per heavy atom. The summed E-state index contributed by atoms with van der Waals surface area (Å²) in [7, 11) is 0. The second kappa shape index (κ2) is 12.6. The summed E-state index contributed by atoms with van der Waals surface area (Å²) in [5, 5.41) is 9.74. The number of hydrogen-bond acceptors (Lipinski definition) is 7. The average Bonchev–Trinajstić information content (AvgIpc) is 3.68. The van der Waals surface area contributed by atoms with Gasteiger partial charge >= 0.3 is 0 Å². The van der Waals surface area contributed by atoms with Crippen molar-refractivity contribution in [2.45, 2.75) is 44.9 Å². The lowest BCUT2D eigenvalue weighted by atomic mass is 9.78. The van der Waals surface area contributed by atoms with E-state index in [0.717, 1.165) is 44.0 Å². The molecule has 230 valence electrons. The molecule has 3 aromatic carbocycles. The zero-order valence-electron chi connectivity index (χ0n) is 25.2. The smallest absolute Gasteiger partial charge is 0.288 e. The van der Waals surface area contributed by atoms with Crippen molar-refractivity contribution in [3.05, 3.63) is 94.8 Å².